The van der Waals surface area contributed by atoms with Crippen LogP contribution in [0.2, 0.25) is 5.02 Å². The van der Waals surface area contributed by atoms with Crippen molar-refractivity contribution in [3.63, 3.8) is 0 Å². The first-order chi connectivity index (χ1) is 13.0. The standard InChI is InChI=1S/C23H23ClN2O/c1-4-17-8-10-21(11-9-17)26-15-19(14-22(27)12-16(2)3)23(25-26)18-6-5-7-20(24)13-18/h4-11,13,15-16H,1,12,14H2,2-3H3. The highest BCUT2D eigenvalue weighted by atomic mass is 35.5. The van der Waals surface area contributed by atoms with E-state index in [4.69, 9.17) is 16.7 Å². The van der Waals surface area contributed by atoms with Crippen LogP contribution in [0.1, 0.15) is 31.4 Å². The molecule has 3 aromatic rings. The predicted molar refractivity (Wildman–Crippen MR) is 112 cm³/mol. The first kappa shape index (κ1) is 19.1. The Labute approximate surface area is 165 Å². The molecule has 0 fully saturated rings. The van der Waals surface area contributed by atoms with E-state index in [0.717, 1.165) is 28.1 Å². The van der Waals surface area contributed by atoms with Crippen LogP contribution in [0.25, 0.3) is 23.0 Å². The van der Waals surface area contributed by atoms with Crippen LogP contribution in [-0.4, -0.2) is 15.6 Å². The van der Waals surface area contributed by atoms with Crippen LogP contribution in [0, 0.1) is 5.92 Å². The van der Waals surface area contributed by atoms with Gasteiger partial charge in [-0.1, -0.05) is 62.4 Å². The zero-order valence-corrected chi connectivity index (χ0v) is 16.4. The molecule has 0 radical (unpaired) electrons. The van der Waals surface area contributed by atoms with Crippen molar-refractivity contribution in [1.29, 1.82) is 0 Å². The Hall–Kier alpha value is -2.65. The minimum atomic E-state index is 0.217. The molecule has 27 heavy (non-hydrogen) atoms. The molecule has 0 unspecified atom stereocenters. The summed E-state index contributed by atoms with van der Waals surface area (Å²) in [5, 5.41) is 5.41. The Balaban J connectivity index is 2.02. The van der Waals surface area contributed by atoms with Gasteiger partial charge in [-0.25, -0.2) is 4.68 Å². The number of aromatic nitrogens is 2. The van der Waals surface area contributed by atoms with Crippen LogP contribution in [0.5, 0.6) is 0 Å². The molecule has 1 heterocycles. The summed E-state index contributed by atoms with van der Waals surface area (Å²) in [5.41, 5.74) is 4.61. The van der Waals surface area contributed by atoms with E-state index in [1.807, 2.05) is 59.4 Å². The van der Waals surface area contributed by atoms with Gasteiger partial charge in [0.2, 0.25) is 0 Å². The van der Waals surface area contributed by atoms with Gasteiger partial charge in [0.25, 0.3) is 0 Å². The molecule has 2 aromatic carbocycles. The fourth-order valence-electron chi connectivity index (χ4n) is 3.05. The molecule has 0 aliphatic carbocycles. The second-order valence-electron chi connectivity index (χ2n) is 7.07. The number of ketones is 1. The summed E-state index contributed by atoms with van der Waals surface area (Å²) in [7, 11) is 0. The summed E-state index contributed by atoms with van der Waals surface area (Å²) in [6, 6.07) is 15.5. The lowest BCUT2D eigenvalue weighted by Crippen LogP contribution is -2.06. The summed E-state index contributed by atoms with van der Waals surface area (Å²) >= 11 is 6.17. The Bertz CT molecular complexity index is 955. The van der Waals surface area contributed by atoms with Crippen molar-refractivity contribution >= 4 is 23.5 Å². The lowest BCUT2D eigenvalue weighted by Gasteiger charge is -2.05. The van der Waals surface area contributed by atoms with Gasteiger partial charge in [-0.05, 0) is 35.7 Å². The third-order valence-electron chi connectivity index (χ3n) is 4.30. The predicted octanol–water partition coefficient (Wildman–Crippen LogP) is 5.99. The van der Waals surface area contributed by atoms with Crippen molar-refractivity contribution in [1.82, 2.24) is 9.78 Å². The molecule has 0 N–H and O–H groups in total. The zero-order valence-electron chi connectivity index (χ0n) is 15.7. The van der Waals surface area contributed by atoms with E-state index in [-0.39, 0.29) is 5.78 Å². The average Bonchev–Trinajstić information content (AvgIpc) is 3.04. The molecule has 0 spiro atoms. The fourth-order valence-corrected chi connectivity index (χ4v) is 3.24. The number of rotatable bonds is 7. The van der Waals surface area contributed by atoms with E-state index in [0.29, 0.717) is 23.8 Å². The quantitative estimate of drug-likeness (QED) is 0.505. The Morgan fingerprint density at radius 1 is 1.22 bits per heavy atom. The lowest BCUT2D eigenvalue weighted by molar-refractivity contribution is -0.119. The molecule has 3 rings (SSSR count). The smallest absolute Gasteiger partial charge is 0.137 e. The summed E-state index contributed by atoms with van der Waals surface area (Å²) in [6.45, 7) is 7.90. The van der Waals surface area contributed by atoms with Crippen LogP contribution < -0.4 is 0 Å². The highest BCUT2D eigenvalue weighted by Crippen LogP contribution is 2.27. The number of carbonyl (C=O) groups is 1. The molecule has 0 aliphatic rings. The van der Waals surface area contributed by atoms with Crippen LogP contribution in [0.3, 0.4) is 0 Å². The van der Waals surface area contributed by atoms with E-state index in [1.165, 1.54) is 0 Å². The molecule has 0 aliphatic heterocycles. The molecule has 4 heteroatoms. The first-order valence-electron chi connectivity index (χ1n) is 9.05. The van der Waals surface area contributed by atoms with Gasteiger partial charge >= 0.3 is 0 Å². The molecule has 0 saturated heterocycles. The summed E-state index contributed by atoms with van der Waals surface area (Å²) in [5.74, 6) is 0.559. The van der Waals surface area contributed by atoms with Crippen LogP contribution in [0.4, 0.5) is 0 Å². The minimum absolute atomic E-state index is 0.217. The number of carbonyl (C=O) groups excluding carboxylic acids is 1. The highest BCUT2D eigenvalue weighted by molar-refractivity contribution is 6.30. The van der Waals surface area contributed by atoms with Gasteiger partial charge in [-0.2, -0.15) is 5.10 Å². The number of halogens is 1. The van der Waals surface area contributed by atoms with Crippen molar-refractivity contribution in [2.75, 3.05) is 0 Å². The molecule has 1 aromatic heterocycles. The number of hydrogen-bond acceptors (Lipinski definition) is 2. The Kier molecular flexibility index (Phi) is 5.92. The van der Waals surface area contributed by atoms with E-state index >= 15 is 0 Å². The number of hydrogen-bond donors (Lipinski definition) is 0. The normalized spacial score (nSPS) is 11.0. The fraction of sp³-hybridized carbons (Fsp3) is 0.217. The summed E-state index contributed by atoms with van der Waals surface area (Å²) in [6.07, 6.45) is 4.68. The topological polar surface area (TPSA) is 34.9 Å². The van der Waals surface area contributed by atoms with Crippen LogP contribution in [0.15, 0.2) is 61.3 Å². The Morgan fingerprint density at radius 3 is 2.59 bits per heavy atom. The summed E-state index contributed by atoms with van der Waals surface area (Å²) < 4.78 is 1.82. The van der Waals surface area contributed by atoms with E-state index in [2.05, 4.69) is 20.4 Å². The van der Waals surface area contributed by atoms with Gasteiger partial charge in [0.1, 0.15) is 5.78 Å². The average molecular weight is 379 g/mol. The third-order valence-corrected chi connectivity index (χ3v) is 4.54. The summed E-state index contributed by atoms with van der Waals surface area (Å²) in [4.78, 5) is 12.4. The molecular weight excluding hydrogens is 356 g/mol. The van der Waals surface area contributed by atoms with Crippen molar-refractivity contribution in [3.8, 4) is 16.9 Å². The van der Waals surface area contributed by atoms with E-state index < -0.39 is 0 Å². The second kappa shape index (κ2) is 8.36. The SMILES string of the molecule is C=Cc1ccc(-n2cc(CC(=O)CC(C)C)c(-c3cccc(Cl)c3)n2)cc1. The van der Waals surface area contributed by atoms with Crippen molar-refractivity contribution < 1.29 is 4.79 Å². The third kappa shape index (κ3) is 4.75. The van der Waals surface area contributed by atoms with Crippen molar-refractivity contribution in [3.05, 3.63) is 77.5 Å². The van der Waals surface area contributed by atoms with E-state index in [9.17, 15) is 4.79 Å². The van der Waals surface area contributed by atoms with Gasteiger partial charge < -0.3 is 0 Å². The number of benzene rings is 2. The molecule has 0 bridgehead atoms. The monoisotopic (exact) mass is 378 g/mol. The van der Waals surface area contributed by atoms with Gasteiger partial charge in [-0.3, -0.25) is 4.79 Å². The molecule has 138 valence electrons. The van der Waals surface area contributed by atoms with Crippen LogP contribution >= 0.6 is 11.6 Å². The molecule has 0 atom stereocenters. The maximum Gasteiger partial charge on any atom is 0.137 e. The van der Waals surface area contributed by atoms with Gasteiger partial charge in [-0.15, -0.1) is 0 Å². The maximum absolute atomic E-state index is 12.4. The number of Topliss-reactive ketones (excluding diaryl/α,β-unsaturated/α-hetero) is 1. The van der Waals surface area contributed by atoms with Gasteiger partial charge in [0, 0.05) is 35.2 Å². The zero-order chi connectivity index (χ0) is 19.4. The maximum atomic E-state index is 12.4. The molecule has 0 amide bonds. The Morgan fingerprint density at radius 2 is 1.96 bits per heavy atom. The van der Waals surface area contributed by atoms with Crippen LogP contribution in [-0.2, 0) is 11.2 Å². The first-order valence-corrected chi connectivity index (χ1v) is 9.43. The minimum Gasteiger partial charge on any atom is -0.299 e. The van der Waals surface area contributed by atoms with Crippen molar-refractivity contribution in [2.24, 2.45) is 5.92 Å². The van der Waals surface area contributed by atoms with Crippen molar-refractivity contribution in [2.45, 2.75) is 26.7 Å². The van der Waals surface area contributed by atoms with Gasteiger partial charge in [0.05, 0.1) is 11.4 Å². The number of nitrogens with zero attached hydrogens (tertiary/aromatic N) is 2. The lowest BCUT2D eigenvalue weighted by atomic mass is 9.99. The molecular formula is C23H23ClN2O. The van der Waals surface area contributed by atoms with Gasteiger partial charge in [0.15, 0.2) is 0 Å². The second-order valence-corrected chi connectivity index (χ2v) is 7.50. The molecule has 0 saturated carbocycles. The largest absolute Gasteiger partial charge is 0.299 e. The molecule has 3 nitrogen and oxygen atoms in total. The highest BCUT2D eigenvalue weighted by Gasteiger charge is 2.16. The van der Waals surface area contributed by atoms with E-state index in [1.54, 1.807) is 6.08 Å².